The Morgan fingerprint density at radius 1 is 1.24 bits per heavy atom. The molecule has 1 heterocycles. The number of hydrogen-bond acceptors (Lipinski definition) is 4. The van der Waals surface area contributed by atoms with E-state index in [0.29, 0.717) is 5.69 Å². The number of nitro benzene ring substituents is 1. The van der Waals surface area contributed by atoms with Crippen LogP contribution in [0.5, 0.6) is 0 Å². The number of carbonyl (C=O) groups excluding carboxylic acids is 2. The van der Waals surface area contributed by atoms with Crippen molar-refractivity contribution in [3.8, 4) is 0 Å². The Morgan fingerprint density at radius 3 is 2.24 bits per heavy atom. The van der Waals surface area contributed by atoms with E-state index in [1.54, 1.807) is 0 Å². The summed E-state index contributed by atoms with van der Waals surface area (Å²) in [6.07, 6.45) is -0.00415. The van der Waals surface area contributed by atoms with Crippen LogP contribution in [0.15, 0.2) is 36.4 Å². The van der Waals surface area contributed by atoms with E-state index in [2.05, 4.69) is 6.58 Å². The van der Waals surface area contributed by atoms with E-state index in [-0.39, 0.29) is 23.6 Å². The minimum atomic E-state index is -0.545. The number of rotatable bonds is 2. The summed E-state index contributed by atoms with van der Waals surface area (Å²) in [6.45, 7) is 3.49. The first kappa shape index (κ1) is 11.0. The van der Waals surface area contributed by atoms with Gasteiger partial charge in [-0.25, -0.2) is 4.90 Å². The third kappa shape index (κ3) is 1.80. The first-order valence-electron chi connectivity index (χ1n) is 4.80. The molecule has 1 aliphatic heterocycles. The molecule has 0 atom stereocenters. The molecule has 0 unspecified atom stereocenters. The minimum absolute atomic E-state index is 0.00415. The third-order valence-electron chi connectivity index (χ3n) is 2.44. The van der Waals surface area contributed by atoms with Gasteiger partial charge in [-0.1, -0.05) is 6.58 Å². The van der Waals surface area contributed by atoms with Crippen LogP contribution in [-0.4, -0.2) is 16.7 Å². The van der Waals surface area contributed by atoms with Crippen LogP contribution in [0, 0.1) is 10.1 Å². The predicted octanol–water partition coefficient (Wildman–Crippen LogP) is 1.41. The van der Waals surface area contributed by atoms with Gasteiger partial charge in [-0.15, -0.1) is 0 Å². The zero-order chi connectivity index (χ0) is 12.6. The molecule has 1 saturated heterocycles. The summed E-state index contributed by atoms with van der Waals surface area (Å²) in [5.41, 5.74) is 0.462. The molecule has 0 N–H and O–H groups in total. The second-order valence-corrected chi connectivity index (χ2v) is 3.59. The lowest BCUT2D eigenvalue weighted by atomic mass is 10.2. The molecule has 0 saturated carbocycles. The van der Waals surface area contributed by atoms with Gasteiger partial charge in [0, 0.05) is 17.7 Å². The molecule has 17 heavy (non-hydrogen) atoms. The number of anilines is 1. The van der Waals surface area contributed by atoms with Gasteiger partial charge in [0.05, 0.1) is 17.0 Å². The molecule has 1 fully saturated rings. The maximum absolute atomic E-state index is 11.6. The van der Waals surface area contributed by atoms with Crippen molar-refractivity contribution in [3.05, 3.63) is 46.5 Å². The summed E-state index contributed by atoms with van der Waals surface area (Å²) in [5, 5.41) is 10.5. The van der Waals surface area contributed by atoms with Crippen molar-refractivity contribution in [2.45, 2.75) is 6.42 Å². The normalized spacial score (nSPS) is 15.5. The molecule has 1 aliphatic rings. The molecule has 86 valence electrons. The van der Waals surface area contributed by atoms with E-state index in [0.717, 1.165) is 4.90 Å². The van der Waals surface area contributed by atoms with Crippen LogP contribution in [-0.2, 0) is 9.59 Å². The van der Waals surface area contributed by atoms with Crippen molar-refractivity contribution >= 4 is 23.2 Å². The zero-order valence-corrected chi connectivity index (χ0v) is 8.75. The molecule has 0 aromatic heterocycles. The average Bonchev–Trinajstić information content (AvgIpc) is 2.53. The summed E-state index contributed by atoms with van der Waals surface area (Å²) in [5.74, 6) is -0.822. The summed E-state index contributed by atoms with van der Waals surface area (Å²) in [4.78, 5) is 34.0. The quantitative estimate of drug-likeness (QED) is 0.334. The lowest BCUT2D eigenvalue weighted by Gasteiger charge is -2.12. The molecule has 0 radical (unpaired) electrons. The molecular weight excluding hydrogens is 224 g/mol. The molecule has 6 heteroatoms. The molecule has 2 rings (SSSR count). The Balaban J connectivity index is 2.35. The monoisotopic (exact) mass is 232 g/mol. The SMILES string of the molecule is C=C1CC(=O)N(c2ccc([N+](=O)[O-])cc2)C1=O. The van der Waals surface area contributed by atoms with Gasteiger partial charge >= 0.3 is 0 Å². The Labute approximate surface area is 96.3 Å². The Hall–Kier alpha value is -2.50. The number of nitro groups is 1. The topological polar surface area (TPSA) is 80.5 Å². The number of amides is 2. The summed E-state index contributed by atoms with van der Waals surface area (Å²) in [6, 6.07) is 5.23. The van der Waals surface area contributed by atoms with Crippen LogP contribution < -0.4 is 4.90 Å². The number of carbonyl (C=O) groups is 2. The van der Waals surface area contributed by atoms with Crippen LogP contribution in [0.3, 0.4) is 0 Å². The van der Waals surface area contributed by atoms with E-state index in [1.165, 1.54) is 24.3 Å². The molecule has 2 amide bonds. The molecule has 1 aromatic rings. The third-order valence-corrected chi connectivity index (χ3v) is 2.44. The van der Waals surface area contributed by atoms with E-state index in [1.807, 2.05) is 0 Å². The highest BCUT2D eigenvalue weighted by Gasteiger charge is 2.33. The maximum atomic E-state index is 11.6. The lowest BCUT2D eigenvalue weighted by molar-refractivity contribution is -0.384. The fourth-order valence-corrected chi connectivity index (χ4v) is 1.59. The number of imide groups is 1. The predicted molar refractivity (Wildman–Crippen MR) is 59.3 cm³/mol. The van der Waals surface area contributed by atoms with E-state index in [9.17, 15) is 19.7 Å². The molecular formula is C11H8N2O4. The van der Waals surface area contributed by atoms with Crippen LogP contribution >= 0.6 is 0 Å². The average molecular weight is 232 g/mol. The lowest BCUT2D eigenvalue weighted by Crippen LogP contribution is -2.28. The number of non-ortho nitro benzene ring substituents is 1. The zero-order valence-electron chi connectivity index (χ0n) is 8.75. The van der Waals surface area contributed by atoms with Crippen LogP contribution in [0.1, 0.15) is 6.42 Å². The molecule has 0 bridgehead atoms. The fraction of sp³-hybridized carbons (Fsp3) is 0.0909. The van der Waals surface area contributed by atoms with Gasteiger partial charge in [-0.05, 0) is 12.1 Å². The summed E-state index contributed by atoms with van der Waals surface area (Å²) in [7, 11) is 0. The van der Waals surface area contributed by atoms with Crippen LogP contribution in [0.2, 0.25) is 0 Å². The van der Waals surface area contributed by atoms with Crippen molar-refractivity contribution in [3.63, 3.8) is 0 Å². The Bertz CT molecular complexity index is 533. The van der Waals surface area contributed by atoms with E-state index < -0.39 is 10.8 Å². The van der Waals surface area contributed by atoms with Gasteiger partial charge in [0.2, 0.25) is 5.91 Å². The first-order valence-corrected chi connectivity index (χ1v) is 4.80. The van der Waals surface area contributed by atoms with Crippen LogP contribution in [0.4, 0.5) is 11.4 Å². The second-order valence-electron chi connectivity index (χ2n) is 3.59. The number of benzene rings is 1. The highest BCUT2D eigenvalue weighted by molar-refractivity contribution is 6.27. The van der Waals surface area contributed by atoms with Gasteiger partial charge < -0.3 is 0 Å². The van der Waals surface area contributed by atoms with Crippen molar-refractivity contribution in [2.24, 2.45) is 0 Å². The molecule has 6 nitrogen and oxygen atoms in total. The maximum Gasteiger partial charge on any atom is 0.269 e. The second kappa shape index (κ2) is 3.82. The van der Waals surface area contributed by atoms with Gasteiger partial charge in [0.25, 0.3) is 11.6 Å². The van der Waals surface area contributed by atoms with Crippen molar-refractivity contribution in [2.75, 3.05) is 4.90 Å². The van der Waals surface area contributed by atoms with Gasteiger partial charge in [-0.3, -0.25) is 19.7 Å². The first-order chi connectivity index (χ1) is 8.00. The standard InChI is InChI=1S/C11H8N2O4/c1-7-6-10(14)12(11(7)15)8-2-4-9(5-3-8)13(16)17/h2-5H,1,6H2. The highest BCUT2D eigenvalue weighted by Crippen LogP contribution is 2.26. The minimum Gasteiger partial charge on any atom is -0.274 e. The van der Waals surface area contributed by atoms with E-state index in [4.69, 9.17) is 0 Å². The smallest absolute Gasteiger partial charge is 0.269 e. The van der Waals surface area contributed by atoms with Gasteiger partial charge in [0.15, 0.2) is 0 Å². The van der Waals surface area contributed by atoms with Crippen molar-refractivity contribution in [1.29, 1.82) is 0 Å². The summed E-state index contributed by atoms with van der Waals surface area (Å²) >= 11 is 0. The Kier molecular flexibility index (Phi) is 2.47. The molecule has 1 aromatic carbocycles. The highest BCUT2D eigenvalue weighted by atomic mass is 16.6. The van der Waals surface area contributed by atoms with E-state index >= 15 is 0 Å². The number of nitrogens with zero attached hydrogens (tertiary/aromatic N) is 2. The fourth-order valence-electron chi connectivity index (χ4n) is 1.59. The molecule has 0 spiro atoms. The number of hydrogen-bond donors (Lipinski definition) is 0. The van der Waals surface area contributed by atoms with Gasteiger partial charge in [0.1, 0.15) is 0 Å². The van der Waals surface area contributed by atoms with Crippen LogP contribution in [0.25, 0.3) is 0 Å². The Morgan fingerprint density at radius 2 is 1.82 bits per heavy atom. The summed E-state index contributed by atoms with van der Waals surface area (Å²) < 4.78 is 0. The van der Waals surface area contributed by atoms with Crippen molar-refractivity contribution < 1.29 is 14.5 Å². The van der Waals surface area contributed by atoms with Crippen molar-refractivity contribution in [1.82, 2.24) is 0 Å². The largest absolute Gasteiger partial charge is 0.274 e. The van der Waals surface area contributed by atoms with Gasteiger partial charge in [-0.2, -0.15) is 0 Å². The molecule has 0 aliphatic carbocycles.